The molecule has 8 heteroatoms. The fourth-order valence-electron chi connectivity index (χ4n) is 4.44. The minimum atomic E-state index is -1.02. The van der Waals surface area contributed by atoms with Gasteiger partial charge >= 0.3 is 5.63 Å². The van der Waals surface area contributed by atoms with Gasteiger partial charge in [0, 0.05) is 11.8 Å². The Balaban J connectivity index is 1.47. The summed E-state index contributed by atoms with van der Waals surface area (Å²) in [6.07, 6.45) is -1.02. The molecule has 3 heterocycles. The zero-order valence-corrected chi connectivity index (χ0v) is 18.1. The van der Waals surface area contributed by atoms with Crippen LogP contribution >= 0.6 is 0 Å². The zero-order chi connectivity index (χ0) is 23.2. The Morgan fingerprint density at radius 2 is 1.85 bits per heavy atom. The van der Waals surface area contributed by atoms with E-state index in [4.69, 9.17) is 23.4 Å². The summed E-state index contributed by atoms with van der Waals surface area (Å²) in [5.74, 6) is 0.980. The van der Waals surface area contributed by atoms with Crippen LogP contribution in [0, 0.1) is 0 Å². The Hall–Kier alpha value is -4.46. The van der Waals surface area contributed by atoms with Crippen molar-refractivity contribution in [1.82, 2.24) is 0 Å². The summed E-state index contributed by atoms with van der Waals surface area (Å²) in [4.78, 5) is 26.6. The minimum absolute atomic E-state index is 0.114. The molecule has 1 aromatic heterocycles. The van der Waals surface area contributed by atoms with Gasteiger partial charge in [-0.25, -0.2) is 4.79 Å². The molecule has 6 rings (SSSR count). The van der Waals surface area contributed by atoms with Crippen molar-refractivity contribution in [3.8, 4) is 23.0 Å². The maximum atomic E-state index is 13.5. The smallest absolute Gasteiger partial charge is 0.344 e. The second kappa shape index (κ2) is 7.84. The third-order valence-electron chi connectivity index (χ3n) is 6.01. The Morgan fingerprint density at radius 1 is 1.00 bits per heavy atom. The Kier molecular flexibility index (Phi) is 4.65. The van der Waals surface area contributed by atoms with E-state index in [0.717, 1.165) is 0 Å². The molecule has 4 aromatic rings. The summed E-state index contributed by atoms with van der Waals surface area (Å²) >= 11 is 0. The largest absolute Gasteiger partial charge is 0.497 e. The number of anilines is 1. The Labute approximate surface area is 193 Å². The fraction of sp³-hybridized carbons (Fsp3) is 0.154. The summed E-state index contributed by atoms with van der Waals surface area (Å²) in [6.45, 7) is 0.114. The van der Waals surface area contributed by atoms with Crippen LogP contribution < -0.4 is 29.9 Å². The maximum absolute atomic E-state index is 13.5. The second-order valence-corrected chi connectivity index (χ2v) is 7.98. The van der Waals surface area contributed by atoms with Gasteiger partial charge in [-0.05, 0) is 42.0 Å². The molecule has 2 aliphatic heterocycles. The summed E-state index contributed by atoms with van der Waals surface area (Å²) < 4.78 is 28.0. The molecule has 0 saturated carbocycles. The van der Waals surface area contributed by atoms with Crippen LogP contribution in [0.5, 0.6) is 23.0 Å². The lowest BCUT2D eigenvalue weighted by Crippen LogP contribution is -2.35. The summed E-state index contributed by atoms with van der Waals surface area (Å²) in [5.41, 5.74) is 1.36. The highest BCUT2D eigenvalue weighted by Gasteiger charge is 2.44. The average molecular weight is 457 g/mol. The number of carbonyl (C=O) groups is 1. The van der Waals surface area contributed by atoms with E-state index >= 15 is 0 Å². The summed E-state index contributed by atoms with van der Waals surface area (Å²) in [5, 5.41) is 3.51. The number of rotatable bonds is 4. The third kappa shape index (κ3) is 3.23. The van der Waals surface area contributed by atoms with Gasteiger partial charge < -0.3 is 28.7 Å². The highest BCUT2D eigenvalue weighted by Crippen LogP contribution is 2.46. The van der Waals surface area contributed by atoms with Gasteiger partial charge in [-0.1, -0.05) is 24.3 Å². The Bertz CT molecular complexity index is 1490. The molecule has 2 atom stereocenters. The second-order valence-electron chi connectivity index (χ2n) is 7.98. The molecule has 3 aromatic carbocycles. The summed E-state index contributed by atoms with van der Waals surface area (Å²) in [6, 6.07) is 19.4. The van der Waals surface area contributed by atoms with Crippen molar-refractivity contribution < 1.29 is 28.2 Å². The molecule has 0 saturated heterocycles. The molecule has 1 amide bonds. The van der Waals surface area contributed by atoms with Gasteiger partial charge in [0.1, 0.15) is 17.1 Å². The van der Waals surface area contributed by atoms with Crippen LogP contribution in [0.15, 0.2) is 75.9 Å². The minimum Gasteiger partial charge on any atom is -0.497 e. The number of ether oxygens (including phenoxy) is 4. The number of fused-ring (bicyclic) bond motifs is 4. The standard InChI is InChI=1S/C26H19NO7/c1-30-16-6-4-5-15(12-16)27-25(28)24-21(14-9-10-19-20(11-14)32-13-31-19)22-23(34-24)17-7-2-3-8-18(17)33-26(22)29/h2-12,21,24H,13H2,1H3,(H,27,28). The van der Waals surface area contributed by atoms with E-state index < -0.39 is 23.6 Å². The molecule has 1 N–H and O–H groups in total. The first kappa shape index (κ1) is 20.2. The van der Waals surface area contributed by atoms with Crippen molar-refractivity contribution in [3.05, 3.63) is 88.3 Å². The lowest BCUT2D eigenvalue weighted by Gasteiger charge is -2.19. The molecule has 0 radical (unpaired) electrons. The Morgan fingerprint density at radius 3 is 2.74 bits per heavy atom. The molecule has 34 heavy (non-hydrogen) atoms. The number of hydrogen-bond donors (Lipinski definition) is 1. The van der Waals surface area contributed by atoms with Crippen LogP contribution in [0.25, 0.3) is 11.0 Å². The highest BCUT2D eigenvalue weighted by atomic mass is 16.7. The molecule has 2 unspecified atom stereocenters. The van der Waals surface area contributed by atoms with Gasteiger partial charge in [0.15, 0.2) is 17.6 Å². The number of benzene rings is 3. The van der Waals surface area contributed by atoms with Crippen LogP contribution in [0.2, 0.25) is 0 Å². The third-order valence-corrected chi connectivity index (χ3v) is 6.01. The van der Waals surface area contributed by atoms with Crippen LogP contribution in [-0.2, 0) is 4.79 Å². The quantitative estimate of drug-likeness (QED) is 0.462. The van der Waals surface area contributed by atoms with E-state index in [9.17, 15) is 9.59 Å². The summed E-state index contributed by atoms with van der Waals surface area (Å²) in [7, 11) is 1.55. The molecular formula is C26H19NO7. The van der Waals surface area contributed by atoms with Crippen LogP contribution in [0.1, 0.15) is 17.0 Å². The molecule has 0 bridgehead atoms. The SMILES string of the molecule is COc1cccc(NC(=O)C2Oc3c(c(=O)oc4ccccc34)C2c2ccc3c(c2)OCO3)c1. The van der Waals surface area contributed by atoms with Crippen molar-refractivity contribution in [2.45, 2.75) is 12.0 Å². The van der Waals surface area contributed by atoms with E-state index in [1.54, 1.807) is 67.8 Å². The lowest BCUT2D eigenvalue weighted by molar-refractivity contribution is -0.122. The number of hydrogen-bond acceptors (Lipinski definition) is 7. The molecule has 8 nitrogen and oxygen atoms in total. The zero-order valence-electron chi connectivity index (χ0n) is 18.1. The van der Waals surface area contributed by atoms with Crippen LogP contribution in [0.3, 0.4) is 0 Å². The molecule has 0 spiro atoms. The number of carbonyl (C=O) groups excluding carboxylic acids is 1. The van der Waals surface area contributed by atoms with Crippen molar-refractivity contribution in [2.24, 2.45) is 0 Å². The van der Waals surface area contributed by atoms with E-state index in [-0.39, 0.29) is 6.79 Å². The molecule has 170 valence electrons. The predicted molar refractivity (Wildman–Crippen MR) is 123 cm³/mol. The predicted octanol–water partition coefficient (Wildman–Crippen LogP) is 4.06. The number of para-hydroxylation sites is 1. The number of methoxy groups -OCH3 is 1. The van der Waals surface area contributed by atoms with E-state index in [1.807, 2.05) is 6.07 Å². The first-order valence-electron chi connectivity index (χ1n) is 10.7. The molecule has 0 fully saturated rings. The fourth-order valence-corrected chi connectivity index (χ4v) is 4.44. The normalized spacial score (nSPS) is 17.8. The van der Waals surface area contributed by atoms with E-state index in [1.165, 1.54) is 0 Å². The van der Waals surface area contributed by atoms with Crippen LogP contribution in [0.4, 0.5) is 5.69 Å². The van der Waals surface area contributed by atoms with E-state index in [2.05, 4.69) is 5.32 Å². The van der Waals surface area contributed by atoms with Gasteiger partial charge in [-0.15, -0.1) is 0 Å². The van der Waals surface area contributed by atoms with Gasteiger partial charge in [-0.2, -0.15) is 0 Å². The first-order chi connectivity index (χ1) is 16.6. The number of amides is 1. The van der Waals surface area contributed by atoms with Crippen molar-refractivity contribution >= 4 is 22.6 Å². The molecule has 0 aliphatic carbocycles. The highest BCUT2D eigenvalue weighted by molar-refractivity contribution is 5.97. The van der Waals surface area contributed by atoms with Gasteiger partial charge in [0.05, 0.1) is 24.0 Å². The van der Waals surface area contributed by atoms with Gasteiger partial charge in [0.2, 0.25) is 6.79 Å². The van der Waals surface area contributed by atoms with Crippen molar-refractivity contribution in [3.63, 3.8) is 0 Å². The average Bonchev–Trinajstić information content (AvgIpc) is 3.49. The molecular weight excluding hydrogens is 438 g/mol. The maximum Gasteiger partial charge on any atom is 0.344 e. The monoisotopic (exact) mass is 457 g/mol. The lowest BCUT2D eigenvalue weighted by atomic mass is 9.88. The van der Waals surface area contributed by atoms with E-state index in [0.29, 0.717) is 50.8 Å². The van der Waals surface area contributed by atoms with Gasteiger partial charge in [-0.3, -0.25) is 4.79 Å². The number of nitrogens with one attached hydrogen (secondary N) is 1. The topological polar surface area (TPSA) is 96.2 Å². The first-order valence-corrected chi connectivity index (χ1v) is 10.7. The van der Waals surface area contributed by atoms with Gasteiger partial charge in [0.25, 0.3) is 5.91 Å². The van der Waals surface area contributed by atoms with Crippen molar-refractivity contribution in [1.29, 1.82) is 0 Å². The molecule has 2 aliphatic rings. The van der Waals surface area contributed by atoms with Crippen LogP contribution in [-0.4, -0.2) is 25.9 Å². The van der Waals surface area contributed by atoms with Crippen molar-refractivity contribution in [2.75, 3.05) is 19.2 Å².